The van der Waals surface area contributed by atoms with Crippen LogP contribution in [0.4, 0.5) is 5.69 Å². The molecule has 1 amide bonds. The molecule has 0 radical (unpaired) electrons. The first-order chi connectivity index (χ1) is 14.6. The van der Waals surface area contributed by atoms with Crippen molar-refractivity contribution in [2.45, 2.75) is 19.3 Å². The summed E-state index contributed by atoms with van der Waals surface area (Å²) >= 11 is 0. The van der Waals surface area contributed by atoms with Crippen molar-refractivity contribution in [1.82, 2.24) is 19.9 Å². The molecule has 7 nitrogen and oxygen atoms in total. The van der Waals surface area contributed by atoms with Gasteiger partial charge in [0.1, 0.15) is 0 Å². The summed E-state index contributed by atoms with van der Waals surface area (Å²) in [6.45, 7) is 2.57. The van der Waals surface area contributed by atoms with Crippen LogP contribution in [0, 0.1) is 6.92 Å². The molecule has 2 aromatic carbocycles. The average molecular weight is 399 g/mol. The summed E-state index contributed by atoms with van der Waals surface area (Å²) in [5.74, 6) is 0.983. The summed E-state index contributed by atoms with van der Waals surface area (Å²) in [6, 6.07) is 17.9. The fourth-order valence-electron chi connectivity index (χ4n) is 3.84. The van der Waals surface area contributed by atoms with Crippen molar-refractivity contribution >= 4 is 11.6 Å². The lowest BCUT2D eigenvalue weighted by atomic mass is 10.1. The zero-order valence-electron chi connectivity index (χ0n) is 16.8. The van der Waals surface area contributed by atoms with Crippen LogP contribution in [0.15, 0.2) is 65.3 Å². The van der Waals surface area contributed by atoms with Gasteiger partial charge in [-0.1, -0.05) is 41.1 Å². The second-order valence-electron chi connectivity index (χ2n) is 7.62. The van der Waals surface area contributed by atoms with Gasteiger partial charge in [-0.3, -0.25) is 9.48 Å². The third-order valence-corrected chi connectivity index (χ3v) is 5.50. The Kier molecular flexibility index (Phi) is 4.43. The molecule has 0 unspecified atom stereocenters. The van der Waals surface area contributed by atoms with E-state index >= 15 is 0 Å². The quantitative estimate of drug-likeness (QED) is 0.519. The van der Waals surface area contributed by atoms with E-state index in [1.54, 1.807) is 11.1 Å². The minimum absolute atomic E-state index is 0.0711. The first kappa shape index (κ1) is 18.3. The molecule has 0 bridgehead atoms. The highest BCUT2D eigenvalue weighted by Crippen LogP contribution is 2.32. The molecule has 150 valence electrons. The smallest absolute Gasteiger partial charge is 0.232 e. The Hall–Kier alpha value is -3.74. The molecule has 7 heteroatoms. The number of carbonyl (C=O) groups is 1. The molecule has 30 heavy (non-hydrogen) atoms. The fraction of sp³-hybridized carbons (Fsp3) is 0.217. The van der Waals surface area contributed by atoms with E-state index in [0.717, 1.165) is 28.1 Å². The van der Waals surface area contributed by atoms with Gasteiger partial charge in [-0.25, -0.2) is 0 Å². The lowest BCUT2D eigenvalue weighted by Gasteiger charge is -2.16. The van der Waals surface area contributed by atoms with Gasteiger partial charge in [0.25, 0.3) is 0 Å². The Morgan fingerprint density at radius 3 is 2.63 bits per heavy atom. The van der Waals surface area contributed by atoms with Gasteiger partial charge in [0.05, 0.1) is 11.6 Å². The Morgan fingerprint density at radius 1 is 1.07 bits per heavy atom. The number of nitrogens with zero attached hydrogens (tertiary/aromatic N) is 5. The number of aromatic nitrogens is 4. The van der Waals surface area contributed by atoms with E-state index < -0.39 is 0 Å². The number of carbonyl (C=O) groups excluding carboxylic acids is 1. The molecule has 5 rings (SSSR count). The molecule has 1 aliphatic rings. The lowest BCUT2D eigenvalue weighted by molar-refractivity contribution is -0.117. The zero-order chi connectivity index (χ0) is 20.7. The van der Waals surface area contributed by atoms with Gasteiger partial charge in [-0.05, 0) is 31.2 Å². The summed E-state index contributed by atoms with van der Waals surface area (Å²) in [4.78, 5) is 18.9. The molecule has 3 heterocycles. The van der Waals surface area contributed by atoms with E-state index in [2.05, 4.69) is 15.2 Å². The normalized spacial score (nSPS) is 16.4. The van der Waals surface area contributed by atoms with E-state index in [1.807, 2.05) is 73.3 Å². The van der Waals surface area contributed by atoms with Gasteiger partial charge < -0.3 is 9.42 Å². The third-order valence-electron chi connectivity index (χ3n) is 5.50. The maximum Gasteiger partial charge on any atom is 0.232 e. The predicted octanol–water partition coefficient (Wildman–Crippen LogP) is 3.97. The van der Waals surface area contributed by atoms with E-state index in [9.17, 15) is 4.79 Å². The maximum atomic E-state index is 12.6. The second kappa shape index (κ2) is 7.26. The highest BCUT2D eigenvalue weighted by atomic mass is 16.5. The van der Waals surface area contributed by atoms with Gasteiger partial charge in [0, 0.05) is 43.0 Å². The van der Waals surface area contributed by atoms with Crippen LogP contribution in [-0.4, -0.2) is 32.4 Å². The van der Waals surface area contributed by atoms with Crippen LogP contribution in [0.2, 0.25) is 0 Å². The second-order valence-corrected chi connectivity index (χ2v) is 7.62. The number of amides is 1. The minimum Gasteiger partial charge on any atom is -0.339 e. The van der Waals surface area contributed by atoms with E-state index in [-0.39, 0.29) is 11.8 Å². The van der Waals surface area contributed by atoms with E-state index in [4.69, 9.17) is 4.52 Å². The summed E-state index contributed by atoms with van der Waals surface area (Å²) in [5, 5.41) is 8.40. The Labute approximate surface area is 174 Å². The van der Waals surface area contributed by atoms with Crippen LogP contribution < -0.4 is 4.90 Å². The first-order valence-electron chi connectivity index (χ1n) is 9.88. The molecule has 0 N–H and O–H groups in total. The summed E-state index contributed by atoms with van der Waals surface area (Å²) < 4.78 is 7.38. The largest absolute Gasteiger partial charge is 0.339 e. The van der Waals surface area contributed by atoms with Crippen molar-refractivity contribution in [3.63, 3.8) is 0 Å². The standard InChI is InChI=1S/C23H21N5O2/c1-15-6-8-19(9-7-15)28-14-18(13-21(28)29)23-25-22(26-30-23)17-5-3-4-16(12-17)20-10-11-24-27(20)2/h3-12,18H,13-14H2,1-2H3/t18-/m1/s1. The van der Waals surface area contributed by atoms with Gasteiger partial charge in [-0.15, -0.1) is 0 Å². The van der Waals surface area contributed by atoms with Crippen LogP contribution in [0.25, 0.3) is 22.6 Å². The topological polar surface area (TPSA) is 77.1 Å². The molecular formula is C23H21N5O2. The van der Waals surface area contributed by atoms with E-state index in [0.29, 0.717) is 24.7 Å². The predicted molar refractivity (Wildman–Crippen MR) is 113 cm³/mol. The minimum atomic E-state index is -0.111. The highest BCUT2D eigenvalue weighted by molar-refractivity contribution is 5.96. The lowest BCUT2D eigenvalue weighted by Crippen LogP contribution is -2.24. The van der Waals surface area contributed by atoms with Crippen LogP contribution in [-0.2, 0) is 11.8 Å². The van der Waals surface area contributed by atoms with Crippen LogP contribution in [0.3, 0.4) is 0 Å². The first-order valence-corrected chi connectivity index (χ1v) is 9.88. The van der Waals surface area contributed by atoms with Crippen LogP contribution in [0.1, 0.15) is 23.8 Å². The number of rotatable bonds is 4. The van der Waals surface area contributed by atoms with Gasteiger partial charge in [0.2, 0.25) is 17.6 Å². The number of hydrogen-bond donors (Lipinski definition) is 0. The summed E-state index contributed by atoms with van der Waals surface area (Å²) in [7, 11) is 1.91. The van der Waals surface area contributed by atoms with Crippen molar-refractivity contribution in [1.29, 1.82) is 0 Å². The fourth-order valence-corrected chi connectivity index (χ4v) is 3.84. The number of aryl methyl sites for hydroxylation is 2. The summed E-state index contributed by atoms with van der Waals surface area (Å²) in [5.41, 5.74) is 4.97. The zero-order valence-corrected chi connectivity index (χ0v) is 16.8. The van der Waals surface area contributed by atoms with Gasteiger partial charge in [0.15, 0.2) is 0 Å². The number of benzene rings is 2. The molecule has 1 saturated heterocycles. The van der Waals surface area contributed by atoms with Crippen LogP contribution in [0.5, 0.6) is 0 Å². The molecular weight excluding hydrogens is 378 g/mol. The van der Waals surface area contributed by atoms with Crippen LogP contribution >= 0.6 is 0 Å². The van der Waals surface area contributed by atoms with Crippen molar-refractivity contribution in [3.8, 4) is 22.6 Å². The Morgan fingerprint density at radius 2 is 1.87 bits per heavy atom. The molecule has 1 aliphatic heterocycles. The van der Waals surface area contributed by atoms with Crippen molar-refractivity contribution < 1.29 is 9.32 Å². The van der Waals surface area contributed by atoms with Crippen molar-refractivity contribution in [3.05, 3.63) is 72.2 Å². The molecule has 0 spiro atoms. The van der Waals surface area contributed by atoms with Gasteiger partial charge in [-0.2, -0.15) is 10.1 Å². The monoisotopic (exact) mass is 399 g/mol. The number of hydrogen-bond acceptors (Lipinski definition) is 5. The molecule has 4 aromatic rings. The SMILES string of the molecule is Cc1ccc(N2C[C@H](c3nc(-c4cccc(-c5ccnn5C)c4)no3)CC2=O)cc1. The average Bonchev–Trinajstić information content (AvgIpc) is 3.48. The van der Waals surface area contributed by atoms with Crippen molar-refractivity contribution in [2.24, 2.45) is 7.05 Å². The highest BCUT2D eigenvalue weighted by Gasteiger charge is 2.35. The van der Waals surface area contributed by atoms with Crippen molar-refractivity contribution in [2.75, 3.05) is 11.4 Å². The Balaban J connectivity index is 1.38. The van der Waals surface area contributed by atoms with Gasteiger partial charge >= 0.3 is 0 Å². The third kappa shape index (κ3) is 3.28. The molecule has 2 aromatic heterocycles. The maximum absolute atomic E-state index is 12.6. The Bertz CT molecular complexity index is 1210. The molecule has 0 saturated carbocycles. The summed E-state index contributed by atoms with van der Waals surface area (Å²) in [6.07, 6.45) is 2.13. The van der Waals surface area contributed by atoms with E-state index in [1.165, 1.54) is 0 Å². The molecule has 1 fully saturated rings. The molecule has 0 aliphatic carbocycles. The number of anilines is 1. The molecule has 1 atom stereocenters.